The topological polar surface area (TPSA) is 123 Å². The van der Waals surface area contributed by atoms with Crippen LogP contribution in [0.1, 0.15) is 10.4 Å². The van der Waals surface area contributed by atoms with E-state index in [1.54, 1.807) is 30.8 Å². The number of benzene rings is 1. The molecule has 0 aliphatic rings. The molecular weight excluding hydrogens is 430 g/mol. The minimum absolute atomic E-state index is 0.0807. The van der Waals surface area contributed by atoms with Crippen LogP contribution in [0.3, 0.4) is 0 Å². The number of amides is 1. The van der Waals surface area contributed by atoms with Gasteiger partial charge in [-0.2, -0.15) is 4.99 Å². The molecule has 1 amide bonds. The Morgan fingerprint density at radius 2 is 2.03 bits per heavy atom. The molecule has 0 radical (unpaired) electrons. The van der Waals surface area contributed by atoms with E-state index < -0.39 is 15.9 Å². The number of aromatic nitrogens is 1. The first-order valence-corrected chi connectivity index (χ1v) is 11.8. The molecule has 0 unspecified atom stereocenters. The molecule has 0 aliphatic heterocycles. The number of carboxylic acid groups (broad SMARTS) is 1. The van der Waals surface area contributed by atoms with Crippen molar-refractivity contribution in [2.75, 3.05) is 6.26 Å². The first-order valence-electron chi connectivity index (χ1n) is 8.25. The number of sulfone groups is 1. The Balaban J connectivity index is 2.11. The first-order chi connectivity index (χ1) is 13.7. The van der Waals surface area contributed by atoms with E-state index in [-0.39, 0.29) is 20.5 Å². The Morgan fingerprint density at radius 1 is 1.28 bits per heavy atom. The number of nitrogens with zero attached hydrogens (tertiary/aromatic N) is 2. The van der Waals surface area contributed by atoms with Crippen LogP contribution >= 0.6 is 23.1 Å². The minimum atomic E-state index is -3.85. The minimum Gasteiger partial charge on any atom is -0.463 e. The SMILES string of the molecule is CSc1sc(/C(N)=N\C(=O)O)cc1S(=O)(=O)c1cccc(-c2ccncc2C)c1. The lowest BCUT2D eigenvalue weighted by Gasteiger charge is -2.09. The van der Waals surface area contributed by atoms with Crippen LogP contribution in [0.15, 0.2) is 67.8 Å². The molecule has 0 saturated carbocycles. The van der Waals surface area contributed by atoms with Gasteiger partial charge in [0.25, 0.3) is 0 Å². The lowest BCUT2D eigenvalue weighted by atomic mass is 10.0. The Morgan fingerprint density at radius 3 is 2.69 bits per heavy atom. The highest BCUT2D eigenvalue weighted by Gasteiger charge is 2.25. The predicted octanol–water partition coefficient (Wildman–Crippen LogP) is 4.06. The monoisotopic (exact) mass is 447 g/mol. The third kappa shape index (κ3) is 4.34. The second-order valence-corrected chi connectivity index (χ2v) is 10.0. The Kier molecular flexibility index (Phi) is 6.06. The predicted molar refractivity (Wildman–Crippen MR) is 115 cm³/mol. The molecule has 0 fully saturated rings. The molecule has 150 valence electrons. The van der Waals surface area contributed by atoms with Crippen molar-refractivity contribution < 1.29 is 18.3 Å². The van der Waals surface area contributed by atoms with Crippen LogP contribution in [-0.4, -0.2) is 36.7 Å². The molecule has 3 rings (SSSR count). The van der Waals surface area contributed by atoms with E-state index in [9.17, 15) is 13.2 Å². The van der Waals surface area contributed by atoms with Crippen LogP contribution in [0.25, 0.3) is 11.1 Å². The number of amidine groups is 1. The van der Waals surface area contributed by atoms with Gasteiger partial charge in [-0.15, -0.1) is 23.1 Å². The summed E-state index contributed by atoms with van der Waals surface area (Å²) in [5.74, 6) is -0.236. The van der Waals surface area contributed by atoms with Crippen LogP contribution in [0.2, 0.25) is 0 Å². The van der Waals surface area contributed by atoms with Gasteiger partial charge in [0, 0.05) is 12.4 Å². The summed E-state index contributed by atoms with van der Waals surface area (Å²) >= 11 is 2.34. The van der Waals surface area contributed by atoms with Gasteiger partial charge < -0.3 is 10.8 Å². The Labute approximate surface area is 176 Å². The van der Waals surface area contributed by atoms with E-state index in [4.69, 9.17) is 10.8 Å². The smallest absolute Gasteiger partial charge is 0.433 e. The molecular formula is C19H17N3O4S3. The van der Waals surface area contributed by atoms with Gasteiger partial charge in [-0.3, -0.25) is 4.98 Å². The van der Waals surface area contributed by atoms with Crippen LogP contribution in [0.4, 0.5) is 4.79 Å². The van der Waals surface area contributed by atoms with Gasteiger partial charge in [-0.05, 0) is 54.1 Å². The van der Waals surface area contributed by atoms with E-state index in [1.807, 2.05) is 19.1 Å². The molecule has 0 spiro atoms. The molecule has 10 heteroatoms. The van der Waals surface area contributed by atoms with E-state index in [2.05, 4.69) is 9.98 Å². The fourth-order valence-electron chi connectivity index (χ4n) is 2.73. The zero-order chi connectivity index (χ0) is 21.2. The highest BCUT2D eigenvalue weighted by Crippen LogP contribution is 2.37. The summed E-state index contributed by atoms with van der Waals surface area (Å²) in [5, 5.41) is 8.79. The van der Waals surface area contributed by atoms with Crippen molar-refractivity contribution in [2.45, 2.75) is 20.9 Å². The van der Waals surface area contributed by atoms with Crippen LogP contribution < -0.4 is 5.73 Å². The second-order valence-electron chi connectivity index (χ2n) is 5.97. The fraction of sp³-hybridized carbons (Fsp3) is 0.105. The van der Waals surface area contributed by atoms with Gasteiger partial charge >= 0.3 is 6.09 Å². The maximum atomic E-state index is 13.3. The largest absolute Gasteiger partial charge is 0.463 e. The third-order valence-electron chi connectivity index (χ3n) is 4.09. The number of thiophene rings is 1. The van der Waals surface area contributed by atoms with Crippen LogP contribution in [0.5, 0.6) is 0 Å². The maximum absolute atomic E-state index is 13.3. The van der Waals surface area contributed by atoms with Crippen molar-refractivity contribution in [3.05, 3.63) is 59.2 Å². The Hall–Kier alpha value is -2.69. The van der Waals surface area contributed by atoms with Crippen LogP contribution in [-0.2, 0) is 9.84 Å². The molecule has 3 aromatic rings. The van der Waals surface area contributed by atoms with Crippen molar-refractivity contribution in [2.24, 2.45) is 10.7 Å². The van der Waals surface area contributed by atoms with Gasteiger partial charge in [0.1, 0.15) is 5.84 Å². The zero-order valence-corrected chi connectivity index (χ0v) is 17.9. The van der Waals surface area contributed by atoms with Gasteiger partial charge in [-0.25, -0.2) is 13.2 Å². The standard InChI is InChI=1S/C19H17N3O4S3/c1-11-10-21-7-6-14(11)12-4-3-5-13(8-12)29(25,26)16-9-15(28-18(16)27-2)17(20)22-19(23)24/h3-10H,1-2H3,(H2,20,22)(H,23,24). The number of nitrogens with two attached hydrogens (primary N) is 1. The molecule has 7 nitrogen and oxygen atoms in total. The highest BCUT2D eigenvalue weighted by atomic mass is 32.2. The normalized spacial score (nSPS) is 12.1. The van der Waals surface area contributed by atoms with E-state index in [0.29, 0.717) is 4.21 Å². The highest BCUT2D eigenvalue weighted by molar-refractivity contribution is 8.01. The quantitative estimate of drug-likeness (QED) is 0.343. The fourth-order valence-corrected chi connectivity index (χ4v) is 6.67. The van der Waals surface area contributed by atoms with E-state index >= 15 is 0 Å². The molecule has 0 aliphatic carbocycles. The summed E-state index contributed by atoms with van der Waals surface area (Å²) in [5.41, 5.74) is 8.29. The summed E-state index contributed by atoms with van der Waals surface area (Å²) < 4.78 is 27.2. The summed E-state index contributed by atoms with van der Waals surface area (Å²) in [4.78, 5) is 18.6. The first kappa shape index (κ1) is 21.0. The number of carbonyl (C=O) groups is 1. The second kappa shape index (κ2) is 8.36. The third-order valence-corrected chi connectivity index (χ3v) is 8.41. The summed E-state index contributed by atoms with van der Waals surface area (Å²) in [7, 11) is -3.85. The zero-order valence-electron chi connectivity index (χ0n) is 15.5. The molecule has 0 bridgehead atoms. The maximum Gasteiger partial charge on any atom is 0.433 e. The van der Waals surface area contributed by atoms with Crippen molar-refractivity contribution in [1.82, 2.24) is 4.98 Å². The number of thioether (sulfide) groups is 1. The molecule has 0 saturated heterocycles. The number of rotatable bonds is 5. The van der Waals surface area contributed by atoms with Gasteiger partial charge in [-0.1, -0.05) is 12.1 Å². The summed E-state index contributed by atoms with van der Waals surface area (Å²) in [6.45, 7) is 1.91. The molecule has 2 aromatic heterocycles. The van der Waals surface area contributed by atoms with Gasteiger partial charge in [0.2, 0.25) is 9.84 Å². The number of hydrogen-bond donors (Lipinski definition) is 2. The number of hydrogen-bond acceptors (Lipinski definition) is 6. The molecule has 2 heterocycles. The van der Waals surface area contributed by atoms with Crippen molar-refractivity contribution in [3.8, 4) is 11.1 Å². The average Bonchev–Trinajstić information content (AvgIpc) is 3.13. The lowest BCUT2D eigenvalue weighted by molar-refractivity contribution is 0.205. The van der Waals surface area contributed by atoms with Crippen molar-refractivity contribution in [3.63, 3.8) is 0 Å². The van der Waals surface area contributed by atoms with Gasteiger partial charge in [0.15, 0.2) is 0 Å². The molecule has 0 atom stereocenters. The molecule has 29 heavy (non-hydrogen) atoms. The number of pyridine rings is 1. The molecule has 1 aromatic carbocycles. The number of aliphatic imine (C=N–C) groups is 1. The number of aryl methyl sites for hydroxylation is 1. The van der Waals surface area contributed by atoms with Crippen molar-refractivity contribution >= 4 is 44.9 Å². The Bertz CT molecular complexity index is 1220. The van der Waals surface area contributed by atoms with Crippen LogP contribution in [0, 0.1) is 6.92 Å². The van der Waals surface area contributed by atoms with E-state index in [1.165, 1.54) is 23.9 Å². The van der Waals surface area contributed by atoms with Crippen molar-refractivity contribution in [1.29, 1.82) is 0 Å². The van der Waals surface area contributed by atoms with Gasteiger partial charge in [0.05, 0.1) is 18.9 Å². The van der Waals surface area contributed by atoms with E-state index in [0.717, 1.165) is 28.0 Å². The summed E-state index contributed by atoms with van der Waals surface area (Å²) in [6.07, 6.45) is 3.69. The molecule has 3 N–H and O–H groups in total. The lowest BCUT2D eigenvalue weighted by Crippen LogP contribution is -2.13. The average molecular weight is 448 g/mol. The summed E-state index contributed by atoms with van der Waals surface area (Å²) in [6, 6.07) is 9.89.